The number of hydrogen-bond acceptors (Lipinski definition) is 18. The molecule has 4 aromatic carbocycles. The number of hydrogen-bond donors (Lipinski definition) is 3. The molecule has 3 N–H and O–H groups in total. The molecule has 1 aromatic heterocycles. The van der Waals surface area contributed by atoms with E-state index in [1.165, 1.54) is 36.4 Å². The van der Waals surface area contributed by atoms with Crippen LogP contribution in [0.1, 0.15) is 0 Å². The van der Waals surface area contributed by atoms with Crippen molar-refractivity contribution in [2.75, 3.05) is 10.6 Å². The molecule has 1 heterocycles. The van der Waals surface area contributed by atoms with Gasteiger partial charge in [-0.05, 0) is 70.9 Å². The molecule has 0 bridgehead atoms. The van der Waals surface area contributed by atoms with Gasteiger partial charge in [0.1, 0.15) is 30.8 Å². The maximum Gasteiger partial charge on any atom is 1.00 e. The summed E-state index contributed by atoms with van der Waals surface area (Å²) in [5.41, 5.74) is -2.11. The third-order valence-corrected chi connectivity index (χ3v) is 10.6. The Morgan fingerprint density at radius 1 is 0.741 bits per heavy atom. The van der Waals surface area contributed by atoms with Gasteiger partial charge in [-0.15, -0.1) is 10.2 Å². The molecular formula is C27H17ClN7Na3O12S4. The fourth-order valence-corrected chi connectivity index (χ4v) is 7.10. The summed E-state index contributed by atoms with van der Waals surface area (Å²) in [6.07, 6.45) is 0. The van der Waals surface area contributed by atoms with E-state index in [9.17, 15) is 52.4 Å². The Morgan fingerprint density at radius 3 is 1.96 bits per heavy atom. The van der Waals surface area contributed by atoms with Gasteiger partial charge in [-0.2, -0.15) is 23.4 Å². The Bertz CT molecular complexity index is 2760. The van der Waals surface area contributed by atoms with Crippen LogP contribution in [0, 0.1) is 0 Å². The number of nitrogens with zero attached hydrogens (tertiary/aromatic N) is 5. The van der Waals surface area contributed by atoms with Gasteiger partial charge in [0.15, 0.2) is 9.84 Å². The molecule has 5 aromatic rings. The fraction of sp³-hybridized carbons (Fsp3) is 0. The number of aromatic nitrogens is 3. The van der Waals surface area contributed by atoms with Gasteiger partial charge in [0.2, 0.25) is 17.2 Å². The third-order valence-electron chi connectivity index (χ3n) is 6.56. The predicted molar refractivity (Wildman–Crippen MR) is 175 cm³/mol. The second-order valence-electron chi connectivity index (χ2n) is 9.91. The molecule has 0 amide bonds. The van der Waals surface area contributed by atoms with Crippen molar-refractivity contribution in [3.05, 3.63) is 84.0 Å². The van der Waals surface area contributed by atoms with E-state index in [2.05, 4.69) is 42.4 Å². The molecule has 5 rings (SSSR count). The van der Waals surface area contributed by atoms with Crippen LogP contribution < -0.4 is 104 Å². The predicted octanol–water partition coefficient (Wildman–Crippen LogP) is -5.36. The summed E-state index contributed by atoms with van der Waals surface area (Å²) >= 11 is 6.06. The van der Waals surface area contributed by atoms with Crippen molar-refractivity contribution < 1.29 is 141 Å². The minimum Gasteiger partial charge on any atom is -0.870 e. The summed E-state index contributed by atoms with van der Waals surface area (Å²) in [7, 11) is -19.6. The van der Waals surface area contributed by atoms with Gasteiger partial charge in [-0.25, -0.2) is 25.3 Å². The summed E-state index contributed by atoms with van der Waals surface area (Å²) in [4.78, 5) is 8.55. The summed E-state index contributed by atoms with van der Waals surface area (Å²) in [5, 5.41) is 25.3. The zero-order valence-corrected chi connectivity index (χ0v) is 37.8. The van der Waals surface area contributed by atoms with Crippen molar-refractivity contribution in [1.29, 1.82) is 0 Å². The fourth-order valence-electron chi connectivity index (χ4n) is 4.39. The SMILES string of the molecule is C=CS(=O)(=O)c1cccc(Nc2nc(Cl)nc(Nc3cc(S(=O)(=O)[O-])cc4cc(S(=O)(=O)O)c(N=Nc5ccccc5S(=O)(=O)[O-])c([O-])c34)n2)c1.[Na+].[Na+].[Na+]. The Labute approximate surface area is 378 Å². The van der Waals surface area contributed by atoms with Crippen molar-refractivity contribution in [3.8, 4) is 5.75 Å². The molecule has 0 saturated heterocycles. The largest absolute Gasteiger partial charge is 1.00 e. The van der Waals surface area contributed by atoms with Gasteiger partial charge in [0.25, 0.3) is 10.1 Å². The van der Waals surface area contributed by atoms with Gasteiger partial charge in [0.05, 0.1) is 20.4 Å². The Morgan fingerprint density at radius 2 is 1.37 bits per heavy atom. The van der Waals surface area contributed by atoms with Gasteiger partial charge >= 0.3 is 88.7 Å². The van der Waals surface area contributed by atoms with Gasteiger partial charge in [0, 0.05) is 16.8 Å². The molecular weight excluding hydrogens is 847 g/mol. The first-order chi connectivity index (χ1) is 23.7. The van der Waals surface area contributed by atoms with Gasteiger partial charge in [-0.3, -0.25) is 4.55 Å². The van der Waals surface area contributed by atoms with Crippen LogP contribution in [0.25, 0.3) is 10.8 Å². The van der Waals surface area contributed by atoms with E-state index in [0.29, 0.717) is 18.2 Å². The van der Waals surface area contributed by atoms with Crippen LogP contribution in [0.3, 0.4) is 0 Å². The topological polar surface area (TPSA) is 313 Å². The molecule has 0 spiro atoms. The van der Waals surface area contributed by atoms with E-state index < -0.39 is 99.7 Å². The smallest absolute Gasteiger partial charge is 0.870 e. The number of nitrogens with one attached hydrogen (secondary N) is 2. The quantitative estimate of drug-likeness (QED) is 0.0634. The first-order valence-corrected chi connectivity index (χ1v) is 19.5. The Kier molecular flexibility index (Phi) is 16.4. The average Bonchev–Trinajstić information content (AvgIpc) is 3.02. The summed E-state index contributed by atoms with van der Waals surface area (Å²) in [6, 6.07) is 11.6. The van der Waals surface area contributed by atoms with Crippen LogP contribution in [0.15, 0.2) is 109 Å². The number of benzene rings is 4. The van der Waals surface area contributed by atoms with Crippen LogP contribution in [0.4, 0.5) is 34.6 Å². The van der Waals surface area contributed by atoms with Crippen LogP contribution in [-0.4, -0.2) is 62.3 Å². The minimum absolute atomic E-state index is 0. The van der Waals surface area contributed by atoms with Crippen molar-refractivity contribution in [2.45, 2.75) is 19.6 Å². The van der Waals surface area contributed by atoms with Crippen molar-refractivity contribution >= 4 is 97.2 Å². The number of fused-ring (bicyclic) bond motifs is 1. The zero-order chi connectivity index (χ0) is 37.5. The number of anilines is 4. The maximum absolute atomic E-state index is 13.9. The third kappa shape index (κ3) is 11.3. The minimum atomic E-state index is -5.35. The van der Waals surface area contributed by atoms with Gasteiger partial charge < -0.3 is 24.8 Å². The van der Waals surface area contributed by atoms with E-state index in [-0.39, 0.29) is 105 Å². The number of rotatable bonds is 11. The first kappa shape index (κ1) is 48.0. The van der Waals surface area contributed by atoms with Crippen LogP contribution in [0.5, 0.6) is 5.75 Å². The molecule has 19 nitrogen and oxygen atoms in total. The van der Waals surface area contributed by atoms with Crippen molar-refractivity contribution in [3.63, 3.8) is 0 Å². The molecule has 0 atom stereocenters. The Balaban J connectivity index is 0.00000336. The molecule has 0 aliphatic heterocycles. The molecule has 0 aliphatic rings. The summed E-state index contributed by atoms with van der Waals surface area (Å²) < 4.78 is 130. The van der Waals surface area contributed by atoms with Crippen LogP contribution in [-0.2, 0) is 40.2 Å². The second-order valence-corrected chi connectivity index (χ2v) is 16.3. The van der Waals surface area contributed by atoms with E-state index in [0.717, 1.165) is 17.5 Å². The van der Waals surface area contributed by atoms with Crippen LogP contribution >= 0.6 is 11.6 Å². The van der Waals surface area contributed by atoms with E-state index >= 15 is 0 Å². The molecule has 0 aliphatic carbocycles. The molecule has 0 radical (unpaired) electrons. The standard InChI is InChI=1S/C27H20ClN7O12S4.3Na/c1-2-48(37,38)16-7-5-6-15(12-16)29-26-31-25(28)32-27(33-26)30-19-13-17(49(39,40)41)10-14-11-21(51(45,46)47)23(24(36)22(14)19)35-34-18-8-3-4-9-20(18)50(42,43)44;;;/h2-13,36H,1H2,(H,39,40,41)(H,42,43,44)(H,45,46,47)(H2,29,30,31,32,33);;;/q;3*+1/p-3. The number of sulfone groups is 1. The van der Waals surface area contributed by atoms with E-state index in [4.69, 9.17) is 11.6 Å². The number of halogens is 1. The summed E-state index contributed by atoms with van der Waals surface area (Å²) in [6.45, 7) is 3.26. The second kappa shape index (κ2) is 18.4. The molecule has 0 fully saturated rings. The average molecular weight is 864 g/mol. The van der Waals surface area contributed by atoms with Crippen LogP contribution in [0.2, 0.25) is 5.28 Å². The number of azo groups is 1. The van der Waals surface area contributed by atoms with E-state index in [1.807, 2.05) is 0 Å². The molecule has 0 unspecified atom stereocenters. The van der Waals surface area contributed by atoms with Crippen molar-refractivity contribution in [1.82, 2.24) is 15.0 Å². The molecule has 0 saturated carbocycles. The monoisotopic (exact) mass is 863 g/mol. The first-order valence-electron chi connectivity index (χ1n) is 13.3. The molecule has 54 heavy (non-hydrogen) atoms. The summed E-state index contributed by atoms with van der Waals surface area (Å²) in [5.74, 6) is -2.16. The van der Waals surface area contributed by atoms with E-state index in [1.54, 1.807) is 0 Å². The Hall–Kier alpha value is -2.14. The molecule has 266 valence electrons. The molecule has 27 heteroatoms. The normalized spacial score (nSPS) is 11.9. The van der Waals surface area contributed by atoms with Crippen molar-refractivity contribution in [2.24, 2.45) is 10.2 Å². The van der Waals surface area contributed by atoms with Gasteiger partial charge in [-0.1, -0.05) is 30.5 Å². The zero-order valence-electron chi connectivity index (χ0n) is 27.8. The maximum atomic E-state index is 13.9.